The third kappa shape index (κ3) is 1.93. The second-order valence-electron chi connectivity index (χ2n) is 1.06. The van der Waals surface area contributed by atoms with E-state index in [1.54, 1.807) is 0 Å². The van der Waals surface area contributed by atoms with E-state index < -0.39 is 11.3 Å². The summed E-state index contributed by atoms with van der Waals surface area (Å²) < 4.78 is 4.10. The van der Waals surface area contributed by atoms with Crippen LogP contribution in [0.2, 0.25) is 0 Å². The van der Waals surface area contributed by atoms with Crippen molar-refractivity contribution in [1.82, 2.24) is 0 Å². The average Bonchev–Trinajstić information content (AvgIpc) is 1.84. The Morgan fingerprint density at radius 3 is 2.50 bits per heavy atom. The van der Waals surface area contributed by atoms with Gasteiger partial charge in [-0.25, -0.2) is 4.79 Å². The van der Waals surface area contributed by atoms with Crippen molar-refractivity contribution in [1.29, 1.82) is 0 Å². The van der Waals surface area contributed by atoms with E-state index in [0.717, 1.165) is 0 Å². The van der Waals surface area contributed by atoms with Crippen molar-refractivity contribution in [3.8, 4) is 0 Å². The summed E-state index contributed by atoms with van der Waals surface area (Å²) >= 11 is 5.07. The summed E-state index contributed by atoms with van der Waals surface area (Å²) in [7, 11) is 1.17. The number of carbonyl (C=O) groups excluding carboxylic acids is 2. The van der Waals surface area contributed by atoms with Gasteiger partial charge < -0.3 is 9.53 Å². The predicted octanol–water partition coefficient (Wildman–Crippen LogP) is -0.0343. The van der Waals surface area contributed by atoms with Crippen molar-refractivity contribution in [2.75, 3.05) is 7.11 Å². The summed E-state index contributed by atoms with van der Waals surface area (Å²) in [6, 6.07) is 0. The zero-order valence-corrected chi connectivity index (χ0v) is 5.01. The van der Waals surface area contributed by atoms with Gasteiger partial charge in [-0.05, 0) is 0 Å². The Bertz CT molecular complexity index is 101. The number of esters is 1. The highest BCUT2D eigenvalue weighted by Gasteiger charge is 2.12. The van der Waals surface area contributed by atoms with Crippen LogP contribution in [0.1, 0.15) is 0 Å². The molecule has 46 valence electrons. The largest absolute Gasteiger partial charge is 0.468 e. The average molecular weight is 137 g/mol. The van der Waals surface area contributed by atoms with E-state index >= 15 is 0 Å². The lowest BCUT2D eigenvalue weighted by Crippen LogP contribution is -2.16. The Morgan fingerprint density at radius 2 is 2.38 bits per heavy atom. The molecule has 0 amide bonds. The fraction of sp³-hybridized carbons (Fsp3) is 0.500. The summed E-state index contributed by atoms with van der Waals surface area (Å²) in [5, 5.41) is -1.15. The van der Waals surface area contributed by atoms with Gasteiger partial charge in [-0.15, -0.1) is 11.6 Å². The van der Waals surface area contributed by atoms with Gasteiger partial charge in [0, 0.05) is 0 Å². The number of alkyl halides is 1. The molecule has 0 fully saturated rings. The highest BCUT2D eigenvalue weighted by atomic mass is 35.5. The van der Waals surface area contributed by atoms with Crippen molar-refractivity contribution >= 4 is 23.9 Å². The molecular weight excluding hydrogens is 131 g/mol. The van der Waals surface area contributed by atoms with Crippen LogP contribution in [-0.2, 0) is 14.3 Å². The molecule has 8 heavy (non-hydrogen) atoms. The van der Waals surface area contributed by atoms with E-state index in [1.807, 2.05) is 0 Å². The number of aldehydes is 1. The molecule has 0 rings (SSSR count). The van der Waals surface area contributed by atoms with Gasteiger partial charge >= 0.3 is 5.97 Å². The van der Waals surface area contributed by atoms with E-state index in [2.05, 4.69) is 4.74 Å². The molecule has 0 bridgehead atoms. The molecule has 0 radical (unpaired) electrons. The van der Waals surface area contributed by atoms with Crippen LogP contribution in [0.25, 0.3) is 0 Å². The smallest absolute Gasteiger partial charge is 0.331 e. The molecule has 0 unspecified atom stereocenters. The number of rotatable bonds is 2. The van der Waals surface area contributed by atoms with Crippen LogP contribution in [0, 0.1) is 0 Å². The van der Waals surface area contributed by atoms with Crippen LogP contribution in [0.3, 0.4) is 0 Å². The van der Waals surface area contributed by atoms with E-state index in [9.17, 15) is 9.59 Å². The maximum absolute atomic E-state index is 10.2. The summed E-state index contributed by atoms with van der Waals surface area (Å²) in [6.07, 6.45) is 0.313. The summed E-state index contributed by atoms with van der Waals surface area (Å²) in [4.78, 5) is 19.8. The molecule has 0 aliphatic heterocycles. The number of methoxy groups -OCH3 is 1. The minimum Gasteiger partial charge on any atom is -0.468 e. The molecule has 0 saturated carbocycles. The van der Waals surface area contributed by atoms with Crippen LogP contribution in [0.15, 0.2) is 0 Å². The second kappa shape index (κ2) is 3.43. The minimum atomic E-state index is -1.15. The Labute approximate surface area is 51.6 Å². The zero-order chi connectivity index (χ0) is 6.57. The topological polar surface area (TPSA) is 43.4 Å². The number of carbonyl (C=O) groups is 2. The molecule has 0 saturated heterocycles. The molecular formula is C4H5ClO3. The van der Waals surface area contributed by atoms with Crippen LogP contribution >= 0.6 is 11.6 Å². The zero-order valence-electron chi connectivity index (χ0n) is 4.26. The first-order valence-electron chi connectivity index (χ1n) is 1.89. The normalized spacial score (nSPS) is 12.2. The standard InChI is InChI=1S/C4H5ClO3/c1-8-4(7)3(5)2-6/h2-3H,1H3/t3-/m1/s1. The van der Waals surface area contributed by atoms with Crippen LogP contribution in [-0.4, -0.2) is 24.7 Å². The van der Waals surface area contributed by atoms with Crippen LogP contribution in [0.4, 0.5) is 0 Å². The summed E-state index contributed by atoms with van der Waals surface area (Å²) in [5.41, 5.74) is 0. The molecule has 3 nitrogen and oxygen atoms in total. The second-order valence-corrected chi connectivity index (χ2v) is 1.53. The molecule has 0 aromatic rings. The van der Waals surface area contributed by atoms with Gasteiger partial charge in [0.05, 0.1) is 7.11 Å². The van der Waals surface area contributed by atoms with Gasteiger partial charge in [0.15, 0.2) is 5.38 Å². The maximum Gasteiger partial charge on any atom is 0.331 e. The maximum atomic E-state index is 10.2. The highest BCUT2D eigenvalue weighted by molar-refractivity contribution is 6.37. The van der Waals surface area contributed by atoms with Crippen molar-refractivity contribution in [2.45, 2.75) is 5.38 Å². The molecule has 0 aliphatic carbocycles. The molecule has 0 N–H and O–H groups in total. The molecule has 0 aliphatic rings. The molecule has 0 aromatic carbocycles. The summed E-state index contributed by atoms with van der Waals surface area (Å²) in [5.74, 6) is -0.721. The quantitative estimate of drug-likeness (QED) is 0.232. The Hall–Kier alpha value is -0.570. The fourth-order valence-corrected chi connectivity index (χ4v) is 0.257. The fourth-order valence-electron chi connectivity index (χ4n) is 0.168. The van der Waals surface area contributed by atoms with Gasteiger partial charge in [-0.3, -0.25) is 0 Å². The molecule has 1 atom stereocenters. The number of hydrogen-bond donors (Lipinski definition) is 0. The Kier molecular flexibility index (Phi) is 3.19. The van der Waals surface area contributed by atoms with E-state index in [0.29, 0.717) is 6.29 Å². The summed E-state index contributed by atoms with van der Waals surface area (Å²) in [6.45, 7) is 0. The molecule has 0 heterocycles. The highest BCUT2D eigenvalue weighted by Crippen LogP contribution is 1.91. The predicted molar refractivity (Wildman–Crippen MR) is 27.7 cm³/mol. The van der Waals surface area contributed by atoms with E-state index in [-0.39, 0.29) is 0 Å². The van der Waals surface area contributed by atoms with Gasteiger partial charge in [0.25, 0.3) is 0 Å². The molecule has 0 aromatic heterocycles. The van der Waals surface area contributed by atoms with Crippen LogP contribution in [0.5, 0.6) is 0 Å². The molecule has 0 spiro atoms. The van der Waals surface area contributed by atoms with Gasteiger partial charge in [-0.1, -0.05) is 0 Å². The third-order valence-electron chi connectivity index (χ3n) is 0.546. The Morgan fingerprint density at radius 1 is 1.88 bits per heavy atom. The van der Waals surface area contributed by atoms with Crippen molar-refractivity contribution in [3.05, 3.63) is 0 Å². The lowest BCUT2D eigenvalue weighted by atomic mass is 10.5. The lowest BCUT2D eigenvalue weighted by molar-refractivity contribution is -0.141. The van der Waals surface area contributed by atoms with E-state index in [4.69, 9.17) is 11.6 Å². The van der Waals surface area contributed by atoms with Crippen molar-refractivity contribution in [3.63, 3.8) is 0 Å². The first kappa shape index (κ1) is 7.43. The SMILES string of the molecule is COC(=O)[C@H](Cl)C=O. The number of hydrogen-bond acceptors (Lipinski definition) is 3. The van der Waals surface area contributed by atoms with Gasteiger partial charge in [0.2, 0.25) is 0 Å². The molecule has 4 heteroatoms. The lowest BCUT2D eigenvalue weighted by Gasteiger charge is -1.95. The third-order valence-corrected chi connectivity index (χ3v) is 0.827. The van der Waals surface area contributed by atoms with Gasteiger partial charge in [-0.2, -0.15) is 0 Å². The van der Waals surface area contributed by atoms with Crippen LogP contribution < -0.4 is 0 Å². The monoisotopic (exact) mass is 136 g/mol. The van der Waals surface area contributed by atoms with Crippen molar-refractivity contribution in [2.24, 2.45) is 0 Å². The number of ether oxygens (including phenoxy) is 1. The van der Waals surface area contributed by atoms with Gasteiger partial charge in [0.1, 0.15) is 6.29 Å². The Balaban J connectivity index is 3.62. The minimum absolute atomic E-state index is 0.313. The number of halogens is 1. The first-order chi connectivity index (χ1) is 3.72. The first-order valence-corrected chi connectivity index (χ1v) is 2.33. The van der Waals surface area contributed by atoms with E-state index in [1.165, 1.54) is 7.11 Å². The van der Waals surface area contributed by atoms with Crippen molar-refractivity contribution < 1.29 is 14.3 Å².